The lowest BCUT2D eigenvalue weighted by molar-refractivity contribution is -0.145. The van der Waals surface area contributed by atoms with E-state index < -0.39 is 23.6 Å². The van der Waals surface area contributed by atoms with Crippen LogP contribution < -0.4 is 4.90 Å². The van der Waals surface area contributed by atoms with E-state index in [1.54, 1.807) is 0 Å². The predicted molar refractivity (Wildman–Crippen MR) is 73.9 cm³/mol. The maximum absolute atomic E-state index is 13.1. The third-order valence-electron chi connectivity index (χ3n) is 3.39. The molecular formula is C13H14BrF3N2O2. The van der Waals surface area contributed by atoms with Gasteiger partial charge in [-0.25, -0.2) is 4.98 Å². The molecule has 2 rings (SSSR count). The predicted octanol–water partition coefficient (Wildman–Crippen LogP) is 3.25. The zero-order valence-electron chi connectivity index (χ0n) is 11.3. The number of pyridine rings is 1. The molecule has 1 atom stereocenters. The van der Waals surface area contributed by atoms with Gasteiger partial charge in [-0.3, -0.25) is 4.79 Å². The highest BCUT2D eigenvalue weighted by Gasteiger charge is 2.38. The largest absolute Gasteiger partial charge is 0.469 e. The van der Waals surface area contributed by atoms with Crippen molar-refractivity contribution in [2.24, 2.45) is 5.92 Å². The van der Waals surface area contributed by atoms with Crippen molar-refractivity contribution in [1.82, 2.24) is 4.98 Å². The molecule has 116 valence electrons. The van der Waals surface area contributed by atoms with Crippen molar-refractivity contribution in [3.05, 3.63) is 22.3 Å². The Morgan fingerprint density at radius 3 is 2.86 bits per heavy atom. The van der Waals surface area contributed by atoms with Crippen molar-refractivity contribution < 1.29 is 22.7 Å². The first-order chi connectivity index (χ1) is 9.82. The lowest BCUT2D eigenvalue weighted by Crippen LogP contribution is -2.40. The maximum atomic E-state index is 13.1. The quantitative estimate of drug-likeness (QED) is 0.753. The molecule has 0 saturated carbocycles. The van der Waals surface area contributed by atoms with Crippen LogP contribution in [0.1, 0.15) is 18.4 Å². The van der Waals surface area contributed by atoms with Crippen LogP contribution in [-0.4, -0.2) is 31.2 Å². The van der Waals surface area contributed by atoms with Crippen LogP contribution in [0.25, 0.3) is 0 Å². The summed E-state index contributed by atoms with van der Waals surface area (Å²) < 4.78 is 44.3. The lowest BCUT2D eigenvalue weighted by atomic mass is 9.98. The number of carbonyl (C=O) groups is 1. The first-order valence-corrected chi connectivity index (χ1v) is 7.17. The molecule has 2 heterocycles. The molecule has 0 N–H and O–H groups in total. The minimum atomic E-state index is -4.50. The Labute approximate surface area is 128 Å². The lowest BCUT2D eigenvalue weighted by Gasteiger charge is -2.33. The molecule has 1 saturated heterocycles. The molecule has 0 bridgehead atoms. The number of aromatic nitrogens is 1. The summed E-state index contributed by atoms with van der Waals surface area (Å²) in [5, 5.41) is 0. The van der Waals surface area contributed by atoms with Crippen LogP contribution in [0, 0.1) is 5.92 Å². The number of alkyl halides is 3. The van der Waals surface area contributed by atoms with Gasteiger partial charge in [0.1, 0.15) is 5.82 Å². The Kier molecular flexibility index (Phi) is 4.75. The summed E-state index contributed by atoms with van der Waals surface area (Å²) in [6.07, 6.45) is -1.94. The van der Waals surface area contributed by atoms with Crippen molar-refractivity contribution in [1.29, 1.82) is 0 Å². The summed E-state index contributed by atoms with van der Waals surface area (Å²) >= 11 is 3.00. The standard InChI is InChI=1S/C13H14BrF3N2O2/c1-21-12(20)8-3-2-4-19(7-8)11-10(13(15,16)17)5-9(14)6-18-11/h5-6,8H,2-4,7H2,1H3. The summed E-state index contributed by atoms with van der Waals surface area (Å²) in [4.78, 5) is 17.0. The molecule has 1 aromatic heterocycles. The SMILES string of the molecule is COC(=O)C1CCCN(c2ncc(Br)cc2C(F)(F)F)C1. The van der Waals surface area contributed by atoms with Crippen LogP contribution in [-0.2, 0) is 15.7 Å². The van der Waals surface area contributed by atoms with E-state index in [1.165, 1.54) is 18.2 Å². The number of ether oxygens (including phenoxy) is 1. The summed E-state index contributed by atoms with van der Waals surface area (Å²) in [6, 6.07) is 1.00. The molecule has 0 aliphatic carbocycles. The zero-order valence-corrected chi connectivity index (χ0v) is 12.9. The van der Waals surface area contributed by atoms with E-state index in [0.29, 0.717) is 19.4 Å². The molecule has 0 aromatic carbocycles. The molecule has 1 aromatic rings. The number of rotatable bonds is 2. The number of hydrogen-bond donors (Lipinski definition) is 0. The van der Waals surface area contributed by atoms with E-state index in [0.717, 1.165) is 6.07 Å². The van der Waals surface area contributed by atoms with Crippen molar-refractivity contribution in [3.8, 4) is 0 Å². The number of hydrogen-bond acceptors (Lipinski definition) is 4. The zero-order chi connectivity index (χ0) is 15.6. The van der Waals surface area contributed by atoms with Crippen molar-refractivity contribution >= 4 is 27.7 Å². The number of piperidine rings is 1. The van der Waals surface area contributed by atoms with Gasteiger partial charge >= 0.3 is 12.1 Å². The van der Waals surface area contributed by atoms with Crippen LogP contribution >= 0.6 is 15.9 Å². The Morgan fingerprint density at radius 2 is 2.24 bits per heavy atom. The molecule has 0 spiro atoms. The third kappa shape index (κ3) is 3.66. The molecule has 0 amide bonds. The highest BCUT2D eigenvalue weighted by atomic mass is 79.9. The molecule has 0 radical (unpaired) electrons. The number of methoxy groups -OCH3 is 1. The third-order valence-corrected chi connectivity index (χ3v) is 3.83. The number of nitrogens with zero attached hydrogens (tertiary/aromatic N) is 2. The van der Waals surface area contributed by atoms with E-state index in [1.807, 2.05) is 0 Å². The van der Waals surface area contributed by atoms with E-state index >= 15 is 0 Å². The van der Waals surface area contributed by atoms with Gasteiger partial charge in [0.2, 0.25) is 0 Å². The summed E-state index contributed by atoms with van der Waals surface area (Å²) in [5.74, 6) is -0.958. The van der Waals surface area contributed by atoms with Crippen molar-refractivity contribution in [3.63, 3.8) is 0 Å². The van der Waals surface area contributed by atoms with Crippen LogP contribution in [0.4, 0.5) is 19.0 Å². The minimum Gasteiger partial charge on any atom is -0.469 e. The molecule has 1 fully saturated rings. The molecule has 1 aliphatic heterocycles. The van der Waals surface area contributed by atoms with Crippen LogP contribution in [0.5, 0.6) is 0 Å². The van der Waals surface area contributed by atoms with Gasteiger partial charge in [0.25, 0.3) is 0 Å². The normalized spacial score (nSPS) is 19.5. The number of halogens is 4. The first kappa shape index (κ1) is 16.1. The number of esters is 1. The van der Waals surface area contributed by atoms with Gasteiger partial charge in [0.05, 0.1) is 18.6 Å². The highest BCUT2D eigenvalue weighted by Crippen LogP contribution is 2.38. The van der Waals surface area contributed by atoms with Gasteiger partial charge in [0, 0.05) is 23.8 Å². The van der Waals surface area contributed by atoms with Gasteiger partial charge < -0.3 is 9.64 Å². The highest BCUT2D eigenvalue weighted by molar-refractivity contribution is 9.10. The summed E-state index contributed by atoms with van der Waals surface area (Å²) in [7, 11) is 1.28. The fourth-order valence-corrected chi connectivity index (χ4v) is 2.75. The van der Waals surface area contributed by atoms with Gasteiger partial charge in [-0.15, -0.1) is 0 Å². The minimum absolute atomic E-state index is 0.140. The van der Waals surface area contributed by atoms with Gasteiger partial charge in [-0.1, -0.05) is 0 Å². The van der Waals surface area contributed by atoms with E-state index in [-0.39, 0.29) is 16.8 Å². The monoisotopic (exact) mass is 366 g/mol. The van der Waals surface area contributed by atoms with E-state index in [2.05, 4.69) is 25.7 Å². The van der Waals surface area contributed by atoms with Gasteiger partial charge in [-0.2, -0.15) is 13.2 Å². The van der Waals surface area contributed by atoms with Gasteiger partial charge in [0.15, 0.2) is 0 Å². The van der Waals surface area contributed by atoms with Crippen LogP contribution in [0.3, 0.4) is 0 Å². The topological polar surface area (TPSA) is 42.4 Å². The second-order valence-electron chi connectivity index (χ2n) is 4.83. The Balaban J connectivity index is 2.31. The molecule has 1 unspecified atom stereocenters. The first-order valence-electron chi connectivity index (χ1n) is 6.38. The van der Waals surface area contributed by atoms with Crippen LogP contribution in [0.2, 0.25) is 0 Å². The maximum Gasteiger partial charge on any atom is 0.419 e. The molecule has 4 nitrogen and oxygen atoms in total. The Hall–Kier alpha value is -1.31. The fourth-order valence-electron chi connectivity index (χ4n) is 2.42. The smallest absolute Gasteiger partial charge is 0.419 e. The average Bonchev–Trinajstić information content (AvgIpc) is 2.45. The molecular weight excluding hydrogens is 353 g/mol. The fraction of sp³-hybridized carbons (Fsp3) is 0.538. The second kappa shape index (κ2) is 6.21. The molecule has 1 aliphatic rings. The Morgan fingerprint density at radius 1 is 1.52 bits per heavy atom. The van der Waals surface area contributed by atoms with Crippen molar-refractivity contribution in [2.75, 3.05) is 25.1 Å². The average molecular weight is 367 g/mol. The number of anilines is 1. The summed E-state index contributed by atoms with van der Waals surface area (Å²) in [6.45, 7) is 0.621. The molecule has 21 heavy (non-hydrogen) atoms. The summed E-state index contributed by atoms with van der Waals surface area (Å²) in [5.41, 5.74) is -0.803. The van der Waals surface area contributed by atoms with E-state index in [4.69, 9.17) is 0 Å². The van der Waals surface area contributed by atoms with Crippen LogP contribution in [0.15, 0.2) is 16.7 Å². The van der Waals surface area contributed by atoms with Crippen molar-refractivity contribution in [2.45, 2.75) is 19.0 Å². The Bertz CT molecular complexity index is 537. The van der Waals surface area contributed by atoms with Gasteiger partial charge in [-0.05, 0) is 34.8 Å². The molecule has 8 heteroatoms. The second-order valence-corrected chi connectivity index (χ2v) is 5.75. The number of carbonyl (C=O) groups excluding carboxylic acids is 1. The van der Waals surface area contributed by atoms with E-state index in [9.17, 15) is 18.0 Å².